The maximum absolute atomic E-state index is 12.2. The minimum absolute atomic E-state index is 0.00602. The zero-order valence-corrected chi connectivity index (χ0v) is 13.3. The van der Waals surface area contributed by atoms with Crippen molar-refractivity contribution in [2.24, 2.45) is 0 Å². The summed E-state index contributed by atoms with van der Waals surface area (Å²) in [6.45, 7) is 1.88. The van der Waals surface area contributed by atoms with Crippen LogP contribution < -0.4 is 4.72 Å². The van der Waals surface area contributed by atoms with Crippen LogP contribution >= 0.6 is 15.9 Å². The van der Waals surface area contributed by atoms with Gasteiger partial charge in [-0.05, 0) is 41.1 Å². The van der Waals surface area contributed by atoms with Gasteiger partial charge in [-0.3, -0.25) is 5.10 Å². The molecule has 0 aliphatic heterocycles. The van der Waals surface area contributed by atoms with Crippen molar-refractivity contribution in [3.05, 3.63) is 45.7 Å². The first kappa shape index (κ1) is 15.7. The highest BCUT2D eigenvalue weighted by Gasteiger charge is 2.19. The van der Waals surface area contributed by atoms with E-state index in [1.54, 1.807) is 13.1 Å². The summed E-state index contributed by atoms with van der Waals surface area (Å²) in [6.07, 6.45) is 1.54. The van der Waals surface area contributed by atoms with Crippen molar-refractivity contribution in [2.75, 3.05) is 0 Å². The summed E-state index contributed by atoms with van der Waals surface area (Å²) in [5.74, 6) is -1.12. The van der Waals surface area contributed by atoms with Crippen molar-refractivity contribution < 1.29 is 18.3 Å². The second-order valence-corrected chi connectivity index (χ2v) is 6.88. The highest BCUT2D eigenvalue weighted by Crippen LogP contribution is 2.23. The van der Waals surface area contributed by atoms with Gasteiger partial charge in [0.15, 0.2) is 0 Å². The van der Waals surface area contributed by atoms with Crippen LogP contribution in [0.25, 0.3) is 0 Å². The summed E-state index contributed by atoms with van der Waals surface area (Å²) >= 11 is 3.08. The Morgan fingerprint density at radius 1 is 1.48 bits per heavy atom. The van der Waals surface area contributed by atoms with Gasteiger partial charge in [-0.1, -0.05) is 0 Å². The Balaban J connectivity index is 2.23. The fraction of sp³-hybridized carbons (Fsp3) is 0.167. The second kappa shape index (κ2) is 5.96. The van der Waals surface area contributed by atoms with Gasteiger partial charge in [0.2, 0.25) is 10.0 Å². The van der Waals surface area contributed by atoms with Crippen LogP contribution in [0.15, 0.2) is 33.8 Å². The molecule has 1 aromatic carbocycles. The van der Waals surface area contributed by atoms with Crippen molar-refractivity contribution in [3.63, 3.8) is 0 Å². The van der Waals surface area contributed by atoms with Crippen molar-refractivity contribution in [2.45, 2.75) is 18.4 Å². The molecule has 7 nitrogen and oxygen atoms in total. The lowest BCUT2D eigenvalue weighted by atomic mass is 10.2. The number of nitrogens with one attached hydrogen (secondary N) is 2. The van der Waals surface area contributed by atoms with Crippen LogP contribution in [0, 0.1) is 6.92 Å². The lowest BCUT2D eigenvalue weighted by Gasteiger charge is -2.08. The molecule has 9 heteroatoms. The van der Waals surface area contributed by atoms with Crippen LogP contribution in [0.2, 0.25) is 0 Å². The molecule has 0 unspecified atom stereocenters. The standard InChI is InChI=1S/C12H12BrN3O4S/c1-7-9(5-14-16-7)6-15-21(19,20)11-3-2-8(12(17)18)4-10(11)13/h2-5,15H,6H2,1H3,(H,14,16)(H,17,18). The van der Waals surface area contributed by atoms with Crippen LogP contribution in [-0.4, -0.2) is 29.7 Å². The van der Waals surface area contributed by atoms with Crippen LogP contribution in [0.5, 0.6) is 0 Å². The molecular weight excluding hydrogens is 362 g/mol. The number of carbonyl (C=O) groups is 1. The van der Waals surface area contributed by atoms with Crippen LogP contribution in [0.1, 0.15) is 21.6 Å². The van der Waals surface area contributed by atoms with E-state index in [0.29, 0.717) is 0 Å². The van der Waals surface area contributed by atoms with Gasteiger partial charge >= 0.3 is 5.97 Å². The van der Waals surface area contributed by atoms with E-state index in [4.69, 9.17) is 5.11 Å². The number of carboxylic acid groups (broad SMARTS) is 1. The van der Waals surface area contributed by atoms with Crippen LogP contribution in [0.4, 0.5) is 0 Å². The number of benzene rings is 1. The van der Waals surface area contributed by atoms with E-state index in [2.05, 4.69) is 30.8 Å². The predicted octanol–water partition coefficient (Wildman–Crippen LogP) is 1.66. The molecule has 21 heavy (non-hydrogen) atoms. The fourth-order valence-corrected chi connectivity index (χ4v) is 3.74. The number of aromatic nitrogens is 2. The molecule has 1 heterocycles. The molecular formula is C12H12BrN3O4S. The Morgan fingerprint density at radius 2 is 2.19 bits per heavy atom. The van der Waals surface area contributed by atoms with E-state index in [-0.39, 0.29) is 21.5 Å². The van der Waals surface area contributed by atoms with Gasteiger partial charge in [0.1, 0.15) is 0 Å². The number of nitrogens with zero attached hydrogens (tertiary/aromatic N) is 1. The number of aromatic carboxylic acids is 1. The van der Waals surface area contributed by atoms with Gasteiger partial charge in [-0.2, -0.15) is 5.10 Å². The zero-order chi connectivity index (χ0) is 15.6. The Kier molecular flexibility index (Phi) is 4.45. The average Bonchev–Trinajstić information content (AvgIpc) is 2.81. The fourth-order valence-electron chi connectivity index (χ4n) is 1.66. The first-order chi connectivity index (χ1) is 9.81. The summed E-state index contributed by atoms with van der Waals surface area (Å²) in [5.41, 5.74) is 1.52. The molecule has 0 atom stereocenters. The van der Waals surface area contributed by atoms with E-state index in [1.165, 1.54) is 18.2 Å². The molecule has 0 bridgehead atoms. The van der Waals surface area contributed by atoms with Gasteiger partial charge in [-0.25, -0.2) is 17.9 Å². The summed E-state index contributed by atoms with van der Waals surface area (Å²) in [4.78, 5) is 10.8. The van der Waals surface area contributed by atoms with Gasteiger partial charge < -0.3 is 5.11 Å². The van der Waals surface area contributed by atoms with Gasteiger partial charge in [0.25, 0.3) is 0 Å². The number of sulfonamides is 1. The summed E-state index contributed by atoms with van der Waals surface area (Å²) < 4.78 is 27.1. The number of aromatic amines is 1. The molecule has 0 aliphatic rings. The Hall–Kier alpha value is -1.71. The van der Waals surface area contributed by atoms with Crippen molar-refractivity contribution >= 4 is 31.9 Å². The van der Waals surface area contributed by atoms with E-state index in [1.807, 2.05) is 0 Å². The monoisotopic (exact) mass is 373 g/mol. The normalized spacial score (nSPS) is 11.5. The number of hydrogen-bond donors (Lipinski definition) is 3. The molecule has 3 N–H and O–H groups in total. The zero-order valence-electron chi connectivity index (χ0n) is 10.9. The van der Waals surface area contributed by atoms with Crippen molar-refractivity contribution in [3.8, 4) is 0 Å². The van der Waals surface area contributed by atoms with Crippen LogP contribution in [-0.2, 0) is 16.6 Å². The van der Waals surface area contributed by atoms with E-state index < -0.39 is 16.0 Å². The highest BCUT2D eigenvalue weighted by molar-refractivity contribution is 9.10. The Morgan fingerprint density at radius 3 is 2.71 bits per heavy atom. The molecule has 2 rings (SSSR count). The first-order valence-electron chi connectivity index (χ1n) is 5.82. The minimum atomic E-state index is -3.76. The third-order valence-corrected chi connectivity index (χ3v) is 5.23. The number of H-pyrrole nitrogens is 1. The largest absolute Gasteiger partial charge is 0.478 e. The summed E-state index contributed by atoms with van der Waals surface area (Å²) in [5, 5.41) is 15.4. The highest BCUT2D eigenvalue weighted by atomic mass is 79.9. The van der Waals surface area contributed by atoms with Gasteiger partial charge in [0.05, 0.1) is 16.7 Å². The SMILES string of the molecule is Cc1[nH]ncc1CNS(=O)(=O)c1ccc(C(=O)O)cc1Br. The molecule has 0 spiro atoms. The molecule has 1 aromatic heterocycles. The molecule has 2 aromatic rings. The van der Waals surface area contributed by atoms with Gasteiger partial charge in [0, 0.05) is 22.3 Å². The molecule has 0 fully saturated rings. The first-order valence-corrected chi connectivity index (χ1v) is 8.10. The molecule has 0 amide bonds. The number of hydrogen-bond acceptors (Lipinski definition) is 4. The lowest BCUT2D eigenvalue weighted by Crippen LogP contribution is -2.24. The number of rotatable bonds is 5. The number of carboxylic acids is 1. The predicted molar refractivity (Wildman–Crippen MR) is 78.5 cm³/mol. The molecule has 0 saturated carbocycles. The topological polar surface area (TPSA) is 112 Å². The summed E-state index contributed by atoms with van der Waals surface area (Å²) in [6, 6.07) is 3.74. The lowest BCUT2D eigenvalue weighted by molar-refractivity contribution is 0.0696. The smallest absolute Gasteiger partial charge is 0.335 e. The Bertz CT molecular complexity index is 786. The maximum atomic E-state index is 12.2. The Labute approximate surface area is 129 Å². The molecule has 0 saturated heterocycles. The average molecular weight is 374 g/mol. The van der Waals surface area contributed by atoms with Gasteiger partial charge in [-0.15, -0.1) is 0 Å². The maximum Gasteiger partial charge on any atom is 0.335 e. The second-order valence-electron chi connectivity index (χ2n) is 4.30. The minimum Gasteiger partial charge on any atom is -0.478 e. The van der Waals surface area contributed by atoms with E-state index in [9.17, 15) is 13.2 Å². The number of aryl methyl sites for hydroxylation is 1. The molecule has 112 valence electrons. The third-order valence-electron chi connectivity index (χ3n) is 2.86. The molecule has 0 aliphatic carbocycles. The van der Waals surface area contributed by atoms with Crippen molar-refractivity contribution in [1.29, 1.82) is 0 Å². The molecule has 0 radical (unpaired) electrons. The summed E-state index contributed by atoms with van der Waals surface area (Å²) in [7, 11) is -3.76. The third kappa shape index (κ3) is 3.49. The van der Waals surface area contributed by atoms with E-state index >= 15 is 0 Å². The van der Waals surface area contributed by atoms with Crippen LogP contribution in [0.3, 0.4) is 0 Å². The van der Waals surface area contributed by atoms with E-state index in [0.717, 1.165) is 11.3 Å². The number of halogens is 1. The van der Waals surface area contributed by atoms with Crippen molar-refractivity contribution in [1.82, 2.24) is 14.9 Å². The quantitative estimate of drug-likeness (QED) is 0.737.